The van der Waals surface area contributed by atoms with E-state index in [1.807, 2.05) is 0 Å². The first kappa shape index (κ1) is 23.5. The molecule has 0 radical (unpaired) electrons. The van der Waals surface area contributed by atoms with E-state index in [0.29, 0.717) is 6.61 Å². The Morgan fingerprint density at radius 1 is 0.889 bits per heavy atom. The molecule has 0 aliphatic rings. The maximum absolute atomic E-state index is 11.8. The lowest BCUT2D eigenvalue weighted by Gasteiger charge is -2.04. The second-order valence-electron chi connectivity index (χ2n) is 6.93. The predicted octanol–water partition coefficient (Wildman–Crippen LogP) is 5.48. The number of hydrogen-bond acceptors (Lipinski definition) is 6. The van der Waals surface area contributed by atoms with Gasteiger partial charge in [-0.3, -0.25) is 0 Å². The van der Waals surface area contributed by atoms with E-state index in [0.717, 1.165) is 25.5 Å². The van der Waals surface area contributed by atoms with Gasteiger partial charge in [0, 0.05) is 6.07 Å². The molecule has 0 atom stereocenters. The van der Waals surface area contributed by atoms with Crippen molar-refractivity contribution in [3.05, 3.63) is 17.9 Å². The molecule has 6 nitrogen and oxygen atoms in total. The number of unbranched alkanes of at least 4 members (excludes halogenated alkanes) is 11. The molecule has 1 aromatic rings. The van der Waals surface area contributed by atoms with E-state index >= 15 is 0 Å². The zero-order valence-electron chi connectivity index (χ0n) is 16.7. The third kappa shape index (κ3) is 12.5. The number of ether oxygens (including phenoxy) is 1. The zero-order valence-corrected chi connectivity index (χ0v) is 17.5. The van der Waals surface area contributed by atoms with Crippen molar-refractivity contribution >= 4 is 16.1 Å². The molecule has 7 heteroatoms. The Kier molecular flexibility index (Phi) is 11.9. The van der Waals surface area contributed by atoms with Crippen LogP contribution in [0.5, 0.6) is 5.95 Å². The molecule has 0 aliphatic heterocycles. The minimum absolute atomic E-state index is 0.0624. The molecule has 0 aliphatic carbocycles. The summed E-state index contributed by atoms with van der Waals surface area (Å²) < 4.78 is 36.7. The average molecular weight is 403 g/mol. The summed E-state index contributed by atoms with van der Waals surface area (Å²) in [6.45, 7) is 2.57. The Hall–Kier alpha value is -1.50. The van der Waals surface area contributed by atoms with Gasteiger partial charge < -0.3 is 13.3 Å². The molecule has 27 heavy (non-hydrogen) atoms. The van der Waals surface area contributed by atoms with Gasteiger partial charge in [0.15, 0.2) is 0 Å². The minimum Gasteiger partial charge on any atom is -0.460 e. The molecule has 0 bridgehead atoms. The molecule has 156 valence electrons. The van der Waals surface area contributed by atoms with Gasteiger partial charge in [-0.05, 0) is 12.5 Å². The molecular formula is C20H34O6S. The quantitative estimate of drug-likeness (QED) is 0.207. The Labute approximate surface area is 163 Å². The molecule has 0 unspecified atom stereocenters. The van der Waals surface area contributed by atoms with Crippen LogP contribution in [0.2, 0.25) is 0 Å². The molecule has 0 amide bonds. The van der Waals surface area contributed by atoms with Crippen LogP contribution in [0.15, 0.2) is 16.5 Å². The highest BCUT2D eigenvalue weighted by molar-refractivity contribution is 7.86. The third-order valence-electron chi connectivity index (χ3n) is 4.25. The van der Waals surface area contributed by atoms with E-state index in [9.17, 15) is 13.2 Å². The normalized spacial score (nSPS) is 11.5. The smallest absolute Gasteiger partial charge is 0.374 e. The predicted molar refractivity (Wildman–Crippen MR) is 106 cm³/mol. The van der Waals surface area contributed by atoms with Gasteiger partial charge in [0.2, 0.25) is 5.76 Å². The van der Waals surface area contributed by atoms with E-state index in [1.54, 1.807) is 0 Å². The van der Waals surface area contributed by atoms with E-state index in [1.165, 1.54) is 69.9 Å². The van der Waals surface area contributed by atoms with Crippen molar-refractivity contribution < 1.29 is 26.5 Å². The summed E-state index contributed by atoms with van der Waals surface area (Å²) in [4.78, 5) is 11.8. The summed E-state index contributed by atoms with van der Waals surface area (Å²) in [6, 6.07) is 2.62. The maximum atomic E-state index is 11.8. The number of carbonyl (C=O) groups excluding carboxylic acids is 1. The molecule has 0 fully saturated rings. The largest absolute Gasteiger partial charge is 0.460 e. The van der Waals surface area contributed by atoms with Gasteiger partial charge in [0.25, 0.3) is 0 Å². The summed E-state index contributed by atoms with van der Waals surface area (Å²) in [6.07, 6.45) is 15.8. The molecule has 1 aromatic heterocycles. The van der Waals surface area contributed by atoms with E-state index in [2.05, 4.69) is 11.1 Å². The number of carbonyl (C=O) groups is 1. The van der Waals surface area contributed by atoms with Crippen molar-refractivity contribution in [3.8, 4) is 5.95 Å². The standard InChI is InChI=1S/C20H34O6S/c1-3-4-5-6-7-8-9-10-11-12-13-14-17-24-20(21)18-15-16-19(25-18)26-27(2,22)23/h15-16H,3-14,17H2,1-2H3. The number of hydrogen-bond donors (Lipinski definition) is 0. The first-order chi connectivity index (χ1) is 12.9. The Balaban J connectivity index is 1.98. The van der Waals surface area contributed by atoms with E-state index in [4.69, 9.17) is 9.15 Å². The minimum atomic E-state index is -3.68. The van der Waals surface area contributed by atoms with Crippen molar-refractivity contribution in [2.75, 3.05) is 12.9 Å². The van der Waals surface area contributed by atoms with Gasteiger partial charge in [-0.25, -0.2) is 4.79 Å². The van der Waals surface area contributed by atoms with Crippen LogP contribution in [0.4, 0.5) is 0 Å². The van der Waals surface area contributed by atoms with Gasteiger partial charge in [-0.15, -0.1) is 0 Å². The second kappa shape index (κ2) is 13.6. The van der Waals surface area contributed by atoms with Crippen LogP contribution in [0.3, 0.4) is 0 Å². The van der Waals surface area contributed by atoms with Crippen LogP contribution >= 0.6 is 0 Å². The van der Waals surface area contributed by atoms with Crippen molar-refractivity contribution in [1.82, 2.24) is 0 Å². The summed E-state index contributed by atoms with van der Waals surface area (Å²) in [5.74, 6) is -0.913. The highest BCUT2D eigenvalue weighted by Crippen LogP contribution is 2.18. The average Bonchev–Trinajstić information content (AvgIpc) is 3.05. The third-order valence-corrected chi connectivity index (χ3v) is 4.71. The Bertz CT molecular complexity index is 620. The van der Waals surface area contributed by atoms with E-state index < -0.39 is 16.1 Å². The lowest BCUT2D eigenvalue weighted by molar-refractivity contribution is 0.0457. The van der Waals surface area contributed by atoms with E-state index in [-0.39, 0.29) is 11.7 Å². The van der Waals surface area contributed by atoms with Crippen molar-refractivity contribution in [3.63, 3.8) is 0 Å². The first-order valence-corrected chi connectivity index (χ1v) is 11.9. The van der Waals surface area contributed by atoms with Crippen LogP contribution in [-0.4, -0.2) is 27.2 Å². The summed E-state index contributed by atoms with van der Waals surface area (Å²) in [7, 11) is -3.68. The molecule has 0 aromatic carbocycles. The number of furan rings is 1. The van der Waals surface area contributed by atoms with Gasteiger partial charge in [-0.2, -0.15) is 8.42 Å². The molecule has 0 saturated carbocycles. The summed E-state index contributed by atoms with van der Waals surface area (Å²) in [5, 5.41) is 0. The number of rotatable bonds is 16. The Morgan fingerprint density at radius 2 is 1.41 bits per heavy atom. The second-order valence-corrected chi connectivity index (χ2v) is 8.51. The van der Waals surface area contributed by atoms with Gasteiger partial charge in [-0.1, -0.05) is 77.6 Å². The van der Waals surface area contributed by atoms with Crippen LogP contribution in [0.1, 0.15) is 94.5 Å². The molecule has 1 heterocycles. The Morgan fingerprint density at radius 3 is 1.93 bits per heavy atom. The topological polar surface area (TPSA) is 82.8 Å². The van der Waals surface area contributed by atoms with Crippen LogP contribution in [-0.2, 0) is 14.9 Å². The fraction of sp³-hybridized carbons (Fsp3) is 0.750. The zero-order chi connectivity index (χ0) is 20.0. The van der Waals surface area contributed by atoms with Crippen molar-refractivity contribution in [2.24, 2.45) is 0 Å². The fourth-order valence-corrected chi connectivity index (χ4v) is 3.19. The number of esters is 1. The fourth-order valence-electron chi connectivity index (χ4n) is 2.80. The van der Waals surface area contributed by atoms with Crippen molar-refractivity contribution in [1.29, 1.82) is 0 Å². The van der Waals surface area contributed by atoms with Gasteiger partial charge in [0.05, 0.1) is 12.9 Å². The highest BCUT2D eigenvalue weighted by Gasteiger charge is 2.15. The first-order valence-electron chi connectivity index (χ1n) is 10.1. The molecule has 1 rings (SSSR count). The molecule has 0 saturated heterocycles. The van der Waals surface area contributed by atoms with Crippen LogP contribution < -0.4 is 4.18 Å². The summed E-state index contributed by atoms with van der Waals surface area (Å²) >= 11 is 0. The maximum Gasteiger partial charge on any atom is 0.374 e. The monoisotopic (exact) mass is 402 g/mol. The van der Waals surface area contributed by atoms with Gasteiger partial charge >= 0.3 is 22.0 Å². The van der Waals surface area contributed by atoms with Crippen LogP contribution in [0.25, 0.3) is 0 Å². The highest BCUT2D eigenvalue weighted by atomic mass is 32.2. The lowest BCUT2D eigenvalue weighted by atomic mass is 10.1. The van der Waals surface area contributed by atoms with Gasteiger partial charge in [0.1, 0.15) is 0 Å². The van der Waals surface area contributed by atoms with Crippen molar-refractivity contribution in [2.45, 2.75) is 84.0 Å². The lowest BCUT2D eigenvalue weighted by Crippen LogP contribution is -2.06. The molecule has 0 N–H and O–H groups in total. The molecule has 0 spiro atoms. The molecular weight excluding hydrogens is 368 g/mol. The summed E-state index contributed by atoms with van der Waals surface area (Å²) in [5.41, 5.74) is 0. The SMILES string of the molecule is CCCCCCCCCCCCCCOC(=O)c1ccc(OS(C)(=O)=O)o1. The van der Waals surface area contributed by atoms with Crippen LogP contribution in [0, 0.1) is 0 Å².